The van der Waals surface area contributed by atoms with E-state index in [1.807, 2.05) is 0 Å². The largest absolute Gasteiger partial charge is 4.00 e. The minimum atomic E-state index is 0. The van der Waals surface area contributed by atoms with Crippen molar-refractivity contribution in [1.29, 1.82) is 0 Å². The van der Waals surface area contributed by atoms with Gasteiger partial charge in [-0.2, -0.15) is 17.6 Å². The monoisotopic (exact) mass is 548 g/mol. The summed E-state index contributed by atoms with van der Waals surface area (Å²) in [6.07, 6.45) is 17.5. The van der Waals surface area contributed by atoms with Gasteiger partial charge in [-0.05, 0) is 5.92 Å². The molecule has 22 heavy (non-hydrogen) atoms. The molecule has 0 N–H and O–H groups in total. The zero-order valence-corrected chi connectivity index (χ0v) is 20.1. The van der Waals surface area contributed by atoms with Gasteiger partial charge in [0.25, 0.3) is 0 Å². The Morgan fingerprint density at radius 2 is 1.73 bits per heavy atom. The topological polar surface area (TPSA) is 0 Å². The molecule has 3 rings (SSSR count). The molecule has 3 heteroatoms. The van der Waals surface area contributed by atoms with Crippen LogP contribution >= 0.6 is 0 Å². The minimum absolute atomic E-state index is 0. The molecule has 120 valence electrons. The van der Waals surface area contributed by atoms with Gasteiger partial charge < -0.3 is 35.8 Å². The van der Waals surface area contributed by atoms with E-state index < -0.39 is 0 Å². The van der Waals surface area contributed by atoms with Crippen LogP contribution in [-0.2, 0) is 25.8 Å². The van der Waals surface area contributed by atoms with Gasteiger partial charge in [0.05, 0.1) is 0 Å². The van der Waals surface area contributed by atoms with E-state index in [2.05, 4.69) is 71.4 Å². The zero-order chi connectivity index (χ0) is 14.0. The van der Waals surface area contributed by atoms with E-state index in [4.69, 9.17) is 0 Å². The van der Waals surface area contributed by atoms with E-state index in [1.165, 1.54) is 29.6 Å². The summed E-state index contributed by atoms with van der Waals surface area (Å²) < 4.78 is 0. The summed E-state index contributed by atoms with van der Waals surface area (Å²) in [6.45, 7) is 10.9. The van der Waals surface area contributed by atoms with Gasteiger partial charge in [0.15, 0.2) is 0 Å². The molecule has 2 unspecified atom stereocenters. The molecule has 0 amide bonds. The number of hydrogen-bond donors (Lipinski definition) is 0. The standard InChI is InChI=1S/C10H15.C9H11.BrH.ClH.Hf/c1-7-6-10(4,5)9(3)8(7)2;1-2-5-9-7-3-6-8(9)4-1;;;/h1-5H3;1-2,4-6,8-9H,3,7H2;2*1H;/q2*-1;;;+4/p-2. The van der Waals surface area contributed by atoms with Crippen LogP contribution in [0.25, 0.3) is 0 Å². The first-order chi connectivity index (χ1) is 8.92. The fourth-order valence-electron chi connectivity index (χ4n) is 3.10. The quantitative estimate of drug-likeness (QED) is 0.282. The van der Waals surface area contributed by atoms with Crippen molar-refractivity contribution in [3.05, 3.63) is 53.5 Å². The molecule has 3 aliphatic carbocycles. The van der Waals surface area contributed by atoms with Crippen molar-refractivity contribution in [2.24, 2.45) is 17.3 Å². The van der Waals surface area contributed by atoms with Crippen molar-refractivity contribution >= 4 is 0 Å². The van der Waals surface area contributed by atoms with E-state index in [1.54, 1.807) is 0 Å². The molecule has 1 saturated carbocycles. The van der Waals surface area contributed by atoms with Gasteiger partial charge in [-0.1, -0.05) is 57.8 Å². The Labute approximate surface area is 172 Å². The van der Waals surface area contributed by atoms with Gasteiger partial charge in [-0.3, -0.25) is 6.08 Å². The molecule has 0 radical (unpaired) electrons. The summed E-state index contributed by atoms with van der Waals surface area (Å²) in [5.74, 6) is 1.62. The van der Waals surface area contributed by atoms with Crippen molar-refractivity contribution in [2.75, 3.05) is 0 Å². The van der Waals surface area contributed by atoms with Crippen molar-refractivity contribution in [2.45, 2.75) is 47.5 Å². The predicted molar refractivity (Wildman–Crippen MR) is 83.4 cm³/mol. The molecule has 2 atom stereocenters. The Morgan fingerprint density at radius 3 is 2.14 bits per heavy atom. The summed E-state index contributed by atoms with van der Waals surface area (Å²) in [6, 6.07) is 0. The smallest absolute Gasteiger partial charge is 1.00 e. The zero-order valence-electron chi connectivity index (χ0n) is 14.2. The molecule has 0 spiro atoms. The van der Waals surface area contributed by atoms with Crippen LogP contribution in [0.3, 0.4) is 0 Å². The second-order valence-corrected chi connectivity index (χ2v) is 6.45. The first kappa shape index (κ1) is 24.8. The average molecular weight is 548 g/mol. The molecule has 0 nitrogen and oxygen atoms in total. The molecule has 0 bridgehead atoms. The molecule has 0 aromatic rings. The molecule has 0 aromatic heterocycles. The van der Waals surface area contributed by atoms with Crippen LogP contribution in [0, 0.1) is 29.7 Å². The van der Waals surface area contributed by atoms with Gasteiger partial charge in [0, 0.05) is 0 Å². The maximum Gasteiger partial charge on any atom is 4.00 e. The minimum Gasteiger partial charge on any atom is -1.00 e. The van der Waals surface area contributed by atoms with Gasteiger partial charge in [0.1, 0.15) is 0 Å². The van der Waals surface area contributed by atoms with Crippen LogP contribution in [0.1, 0.15) is 47.5 Å². The summed E-state index contributed by atoms with van der Waals surface area (Å²) in [5.41, 5.74) is 4.39. The van der Waals surface area contributed by atoms with Crippen LogP contribution in [0.2, 0.25) is 0 Å². The van der Waals surface area contributed by atoms with E-state index >= 15 is 0 Å². The van der Waals surface area contributed by atoms with Gasteiger partial charge in [-0.25, -0.2) is 5.57 Å². The molecule has 1 fully saturated rings. The van der Waals surface area contributed by atoms with Crippen molar-refractivity contribution in [3.8, 4) is 0 Å². The second-order valence-electron chi connectivity index (χ2n) is 6.45. The van der Waals surface area contributed by atoms with Gasteiger partial charge in [0.2, 0.25) is 0 Å². The van der Waals surface area contributed by atoms with Crippen LogP contribution in [-0.4, -0.2) is 0 Å². The SMILES string of the molecule is C1=CC2[CH-]CCC2C=C1.CC1=[C-]C(C)(C)C(C)=C1C.[Br-].[Cl-].[Hf+4]. The normalized spacial score (nSPS) is 26.7. The van der Waals surface area contributed by atoms with Crippen LogP contribution in [0.4, 0.5) is 0 Å². The van der Waals surface area contributed by atoms with E-state index in [-0.39, 0.29) is 60.6 Å². The van der Waals surface area contributed by atoms with Gasteiger partial charge >= 0.3 is 25.8 Å². The third-order valence-corrected chi connectivity index (χ3v) is 4.80. The first-order valence-corrected chi connectivity index (χ1v) is 7.40. The maximum atomic E-state index is 3.44. The molecular weight excluding hydrogens is 522 g/mol. The fourth-order valence-corrected chi connectivity index (χ4v) is 3.10. The molecule has 0 heterocycles. The Morgan fingerprint density at radius 1 is 1.14 bits per heavy atom. The maximum absolute atomic E-state index is 3.44. The van der Waals surface area contributed by atoms with E-state index in [0.29, 0.717) is 0 Å². The Balaban J connectivity index is 0. The van der Waals surface area contributed by atoms with Crippen molar-refractivity contribution in [3.63, 3.8) is 0 Å². The molecular formula is C19H26BrClHf. The van der Waals surface area contributed by atoms with Crippen molar-refractivity contribution in [1.82, 2.24) is 0 Å². The summed E-state index contributed by atoms with van der Waals surface area (Å²) in [7, 11) is 0. The molecule has 3 aliphatic rings. The summed E-state index contributed by atoms with van der Waals surface area (Å²) >= 11 is 0. The molecule has 0 aliphatic heterocycles. The first-order valence-electron chi connectivity index (χ1n) is 7.40. The third kappa shape index (κ3) is 5.91. The number of hydrogen-bond acceptors (Lipinski definition) is 0. The predicted octanol–water partition coefficient (Wildman–Crippen LogP) is -0.540. The number of allylic oxidation sites excluding steroid dienone is 8. The Kier molecular flexibility index (Phi) is 11.8. The fraction of sp³-hybridized carbons (Fsp3) is 0.526. The van der Waals surface area contributed by atoms with E-state index in [0.717, 1.165) is 11.8 Å². The van der Waals surface area contributed by atoms with Gasteiger partial charge in [-0.15, -0.1) is 18.9 Å². The van der Waals surface area contributed by atoms with Crippen molar-refractivity contribution < 1.29 is 55.2 Å². The molecule has 0 saturated heterocycles. The van der Waals surface area contributed by atoms with Crippen LogP contribution in [0.5, 0.6) is 0 Å². The second kappa shape index (κ2) is 10.5. The summed E-state index contributed by atoms with van der Waals surface area (Å²) in [4.78, 5) is 0. The summed E-state index contributed by atoms with van der Waals surface area (Å²) in [5, 5.41) is 0. The average Bonchev–Trinajstić information content (AvgIpc) is 2.90. The number of halogens is 2. The van der Waals surface area contributed by atoms with Crippen LogP contribution in [0.15, 0.2) is 41.0 Å². The Bertz CT molecular complexity index is 454. The molecule has 0 aromatic carbocycles. The third-order valence-electron chi connectivity index (χ3n) is 4.80. The number of rotatable bonds is 0. The van der Waals surface area contributed by atoms with E-state index in [9.17, 15) is 0 Å². The number of fused-ring (bicyclic) bond motifs is 1. The van der Waals surface area contributed by atoms with Crippen LogP contribution < -0.4 is 29.4 Å². The Hall–Kier alpha value is 0.600.